The molecule has 4 nitrogen and oxygen atoms in total. The summed E-state index contributed by atoms with van der Waals surface area (Å²) in [4.78, 5) is 0. The first-order valence-electron chi connectivity index (χ1n) is 6.16. The second-order valence-electron chi connectivity index (χ2n) is 4.68. The Morgan fingerprint density at radius 3 is 2.61 bits per heavy atom. The summed E-state index contributed by atoms with van der Waals surface area (Å²) in [5, 5.41) is 7.13. The van der Waals surface area contributed by atoms with Crippen LogP contribution in [0.25, 0.3) is 0 Å². The molecule has 6 heteroatoms. The second-order valence-corrected chi connectivity index (χ2v) is 7.33. The summed E-state index contributed by atoms with van der Waals surface area (Å²) in [6.45, 7) is 6.69. The minimum Gasteiger partial charge on any atom is -0.314 e. The molecule has 1 unspecified atom stereocenters. The van der Waals surface area contributed by atoms with E-state index in [4.69, 9.17) is 0 Å². The molecule has 0 aliphatic carbocycles. The minimum absolute atomic E-state index is 0.153. The maximum atomic E-state index is 11.8. The summed E-state index contributed by atoms with van der Waals surface area (Å²) in [6, 6.07) is 2.18. The molecule has 0 aromatic carbocycles. The third-order valence-electron chi connectivity index (χ3n) is 2.54. The highest BCUT2D eigenvalue weighted by molar-refractivity contribution is 7.89. The monoisotopic (exact) mass is 290 g/mol. The lowest BCUT2D eigenvalue weighted by Crippen LogP contribution is -2.31. The van der Waals surface area contributed by atoms with Gasteiger partial charge < -0.3 is 5.32 Å². The van der Waals surface area contributed by atoms with Crippen LogP contribution in [0, 0.1) is 0 Å². The number of thiophene rings is 1. The zero-order chi connectivity index (χ0) is 13.6. The Hall–Kier alpha value is -0.430. The molecule has 2 N–H and O–H groups in total. The van der Waals surface area contributed by atoms with E-state index in [1.807, 2.05) is 37.6 Å². The molecule has 0 fully saturated rings. The van der Waals surface area contributed by atoms with E-state index in [1.54, 1.807) is 11.3 Å². The van der Waals surface area contributed by atoms with Gasteiger partial charge in [0.1, 0.15) is 0 Å². The van der Waals surface area contributed by atoms with Crippen LogP contribution >= 0.6 is 11.3 Å². The number of hydrogen-bond donors (Lipinski definition) is 2. The van der Waals surface area contributed by atoms with Gasteiger partial charge in [-0.1, -0.05) is 13.8 Å². The zero-order valence-electron chi connectivity index (χ0n) is 11.1. The van der Waals surface area contributed by atoms with Gasteiger partial charge in [-0.25, -0.2) is 13.1 Å². The molecule has 0 amide bonds. The lowest BCUT2D eigenvalue weighted by atomic mass is 10.2. The number of nitrogens with one attached hydrogen (secondary N) is 2. The summed E-state index contributed by atoms with van der Waals surface area (Å²) in [6.07, 6.45) is 0.629. The van der Waals surface area contributed by atoms with Crippen LogP contribution in [-0.2, 0) is 10.0 Å². The molecule has 0 radical (unpaired) electrons. The first-order valence-corrected chi connectivity index (χ1v) is 8.75. The van der Waals surface area contributed by atoms with Crippen molar-refractivity contribution in [1.82, 2.24) is 10.0 Å². The van der Waals surface area contributed by atoms with Crippen molar-refractivity contribution in [3.05, 3.63) is 22.4 Å². The van der Waals surface area contributed by atoms with Gasteiger partial charge in [0.05, 0.1) is 5.75 Å². The predicted octanol–water partition coefficient (Wildman–Crippen LogP) is 2.12. The van der Waals surface area contributed by atoms with Crippen LogP contribution in [-0.4, -0.2) is 26.8 Å². The van der Waals surface area contributed by atoms with E-state index in [0.717, 1.165) is 12.1 Å². The minimum atomic E-state index is -3.19. The highest BCUT2D eigenvalue weighted by Crippen LogP contribution is 2.16. The molecule has 0 spiro atoms. The molecule has 1 heterocycles. The summed E-state index contributed by atoms with van der Waals surface area (Å²) >= 11 is 1.57. The third-order valence-corrected chi connectivity index (χ3v) is 4.78. The first-order chi connectivity index (χ1) is 8.41. The highest BCUT2D eigenvalue weighted by Gasteiger charge is 2.15. The lowest BCUT2D eigenvalue weighted by Gasteiger charge is -2.13. The molecule has 0 aliphatic heterocycles. The van der Waals surface area contributed by atoms with Gasteiger partial charge in [0.15, 0.2) is 0 Å². The molecule has 0 aliphatic rings. The molecule has 1 rings (SSSR count). The summed E-state index contributed by atoms with van der Waals surface area (Å²) in [7, 11) is -3.19. The largest absolute Gasteiger partial charge is 0.314 e. The Labute approximate surface area is 114 Å². The molecule has 0 saturated heterocycles. The Morgan fingerprint density at radius 1 is 1.33 bits per heavy atom. The van der Waals surface area contributed by atoms with Crippen molar-refractivity contribution in [2.75, 3.05) is 12.3 Å². The van der Waals surface area contributed by atoms with E-state index >= 15 is 0 Å². The van der Waals surface area contributed by atoms with Crippen LogP contribution in [0.4, 0.5) is 0 Å². The Bertz CT molecular complexity index is 427. The fraction of sp³-hybridized carbons (Fsp3) is 0.667. The van der Waals surface area contributed by atoms with Gasteiger partial charge in [-0.2, -0.15) is 11.3 Å². The van der Waals surface area contributed by atoms with Gasteiger partial charge in [-0.15, -0.1) is 0 Å². The van der Waals surface area contributed by atoms with Gasteiger partial charge >= 0.3 is 0 Å². The van der Waals surface area contributed by atoms with E-state index in [0.29, 0.717) is 12.5 Å². The van der Waals surface area contributed by atoms with Gasteiger partial charge in [-0.3, -0.25) is 0 Å². The van der Waals surface area contributed by atoms with Crippen molar-refractivity contribution in [1.29, 1.82) is 0 Å². The zero-order valence-corrected chi connectivity index (χ0v) is 12.8. The molecule has 1 atom stereocenters. The standard InChI is InChI=1S/C12H22N2O2S2/c1-10(2)13-6-4-8-18(15,16)14-11(3)12-5-7-17-9-12/h5,7,9-11,13-14H,4,6,8H2,1-3H3. The molecule has 0 saturated carbocycles. The van der Waals surface area contributed by atoms with Crippen molar-refractivity contribution in [2.24, 2.45) is 0 Å². The van der Waals surface area contributed by atoms with E-state index in [9.17, 15) is 8.42 Å². The average Bonchev–Trinajstić information content (AvgIpc) is 2.77. The van der Waals surface area contributed by atoms with Crippen molar-refractivity contribution in [3.8, 4) is 0 Å². The Morgan fingerprint density at radius 2 is 2.06 bits per heavy atom. The molecule has 1 aromatic heterocycles. The van der Waals surface area contributed by atoms with E-state index < -0.39 is 10.0 Å². The van der Waals surface area contributed by atoms with Gasteiger partial charge in [-0.05, 0) is 42.3 Å². The third kappa shape index (κ3) is 5.95. The lowest BCUT2D eigenvalue weighted by molar-refractivity contribution is 0.552. The van der Waals surface area contributed by atoms with E-state index in [1.165, 1.54) is 0 Å². The summed E-state index contributed by atoms with van der Waals surface area (Å²) in [5.74, 6) is 0.168. The fourth-order valence-electron chi connectivity index (χ4n) is 1.57. The summed E-state index contributed by atoms with van der Waals surface area (Å²) in [5.41, 5.74) is 1.02. The smallest absolute Gasteiger partial charge is 0.212 e. The van der Waals surface area contributed by atoms with Gasteiger partial charge in [0.25, 0.3) is 0 Å². The molecule has 0 bridgehead atoms. The maximum Gasteiger partial charge on any atom is 0.212 e. The predicted molar refractivity (Wildman–Crippen MR) is 77.4 cm³/mol. The first kappa shape index (κ1) is 15.6. The SMILES string of the molecule is CC(C)NCCCS(=O)(=O)NC(C)c1ccsc1. The Kier molecular flexibility index (Phi) is 6.28. The van der Waals surface area contributed by atoms with Crippen LogP contribution in [0.15, 0.2) is 16.8 Å². The quantitative estimate of drug-likeness (QED) is 0.721. The van der Waals surface area contributed by atoms with Gasteiger partial charge in [0, 0.05) is 12.1 Å². The molecule has 1 aromatic rings. The molecule has 104 valence electrons. The molecular formula is C12H22N2O2S2. The van der Waals surface area contributed by atoms with Crippen molar-refractivity contribution in [3.63, 3.8) is 0 Å². The Balaban J connectivity index is 2.35. The molecule has 18 heavy (non-hydrogen) atoms. The van der Waals surface area contributed by atoms with Crippen LogP contribution in [0.2, 0.25) is 0 Å². The second kappa shape index (κ2) is 7.23. The van der Waals surface area contributed by atoms with Crippen LogP contribution < -0.4 is 10.0 Å². The maximum absolute atomic E-state index is 11.8. The van der Waals surface area contributed by atoms with Crippen LogP contribution in [0.1, 0.15) is 38.8 Å². The normalized spacial score (nSPS) is 14.0. The number of sulfonamides is 1. The van der Waals surface area contributed by atoms with Crippen molar-refractivity contribution >= 4 is 21.4 Å². The highest BCUT2D eigenvalue weighted by atomic mass is 32.2. The molecular weight excluding hydrogens is 268 g/mol. The number of hydrogen-bond acceptors (Lipinski definition) is 4. The van der Waals surface area contributed by atoms with Crippen LogP contribution in [0.5, 0.6) is 0 Å². The van der Waals surface area contributed by atoms with Gasteiger partial charge in [0.2, 0.25) is 10.0 Å². The van der Waals surface area contributed by atoms with E-state index in [-0.39, 0.29) is 11.8 Å². The average molecular weight is 290 g/mol. The fourth-order valence-corrected chi connectivity index (χ4v) is 3.64. The summed E-state index contributed by atoms with van der Waals surface area (Å²) < 4.78 is 26.4. The van der Waals surface area contributed by atoms with Crippen LogP contribution in [0.3, 0.4) is 0 Å². The topological polar surface area (TPSA) is 58.2 Å². The van der Waals surface area contributed by atoms with Crippen molar-refractivity contribution < 1.29 is 8.42 Å². The number of rotatable bonds is 8. The van der Waals surface area contributed by atoms with Crippen molar-refractivity contribution in [2.45, 2.75) is 39.3 Å². The van der Waals surface area contributed by atoms with E-state index in [2.05, 4.69) is 10.0 Å².